The minimum absolute atomic E-state index is 0.514. The second-order valence-corrected chi connectivity index (χ2v) is 5.25. The molecule has 3 unspecified atom stereocenters. The fraction of sp³-hybridized carbons (Fsp3) is 0.692. The van der Waals surface area contributed by atoms with E-state index in [4.69, 9.17) is 0 Å². The van der Waals surface area contributed by atoms with Crippen molar-refractivity contribution in [2.24, 2.45) is 16.8 Å². The highest BCUT2D eigenvalue weighted by molar-refractivity contribution is 5.80. The lowest BCUT2D eigenvalue weighted by molar-refractivity contribution is 0.443. The van der Waals surface area contributed by atoms with Crippen molar-refractivity contribution in [2.75, 3.05) is 13.6 Å². The highest BCUT2D eigenvalue weighted by Crippen LogP contribution is 2.28. The van der Waals surface area contributed by atoms with Gasteiger partial charge in [-0.3, -0.25) is 9.67 Å². The van der Waals surface area contributed by atoms with Crippen LogP contribution < -0.4 is 10.6 Å². The summed E-state index contributed by atoms with van der Waals surface area (Å²) in [5, 5.41) is 11.0. The Morgan fingerprint density at radius 2 is 2.39 bits per heavy atom. The van der Waals surface area contributed by atoms with Gasteiger partial charge >= 0.3 is 0 Å². The number of nitrogens with one attached hydrogen (secondary N) is 2. The van der Waals surface area contributed by atoms with Crippen molar-refractivity contribution in [3.05, 3.63) is 18.5 Å². The molecule has 0 aliphatic heterocycles. The van der Waals surface area contributed by atoms with E-state index in [0.29, 0.717) is 12.0 Å². The summed E-state index contributed by atoms with van der Waals surface area (Å²) in [7, 11) is 1.82. The molecule has 2 rings (SSSR count). The largest absolute Gasteiger partial charge is 0.356 e. The fourth-order valence-electron chi connectivity index (χ4n) is 1.96. The summed E-state index contributed by atoms with van der Waals surface area (Å²) in [5.41, 5.74) is 0. The van der Waals surface area contributed by atoms with Gasteiger partial charge in [-0.1, -0.05) is 13.8 Å². The average molecular weight is 249 g/mol. The fourth-order valence-corrected chi connectivity index (χ4v) is 1.96. The number of hydrogen-bond donors (Lipinski definition) is 2. The summed E-state index contributed by atoms with van der Waals surface area (Å²) in [6.45, 7) is 6.30. The second kappa shape index (κ2) is 5.89. The van der Waals surface area contributed by atoms with E-state index in [-0.39, 0.29) is 0 Å². The Kier molecular flexibility index (Phi) is 4.23. The van der Waals surface area contributed by atoms with Crippen molar-refractivity contribution in [2.45, 2.75) is 32.9 Å². The van der Waals surface area contributed by atoms with Gasteiger partial charge in [-0.15, -0.1) is 0 Å². The number of guanidine groups is 1. The molecule has 2 N–H and O–H groups in total. The van der Waals surface area contributed by atoms with E-state index < -0.39 is 0 Å². The first-order chi connectivity index (χ1) is 8.69. The molecule has 5 heteroatoms. The summed E-state index contributed by atoms with van der Waals surface area (Å²) >= 11 is 0. The Bertz CT molecular complexity index is 384. The zero-order valence-electron chi connectivity index (χ0n) is 11.4. The van der Waals surface area contributed by atoms with Crippen LogP contribution in [0.4, 0.5) is 0 Å². The van der Waals surface area contributed by atoms with E-state index in [0.717, 1.165) is 25.0 Å². The number of aliphatic imine (C=N–C) groups is 1. The van der Waals surface area contributed by atoms with Crippen LogP contribution in [0.3, 0.4) is 0 Å². The molecule has 0 amide bonds. The van der Waals surface area contributed by atoms with Crippen LogP contribution in [-0.4, -0.2) is 35.4 Å². The highest BCUT2D eigenvalue weighted by Gasteiger charge is 2.33. The van der Waals surface area contributed by atoms with E-state index >= 15 is 0 Å². The van der Waals surface area contributed by atoms with Gasteiger partial charge in [-0.2, -0.15) is 5.10 Å². The van der Waals surface area contributed by atoms with Gasteiger partial charge in [0.1, 0.15) is 0 Å². The highest BCUT2D eigenvalue weighted by atomic mass is 15.3. The molecule has 1 aliphatic carbocycles. The normalized spacial score (nSPS) is 24.7. The van der Waals surface area contributed by atoms with Crippen molar-refractivity contribution in [3.63, 3.8) is 0 Å². The number of hydrogen-bond acceptors (Lipinski definition) is 2. The van der Waals surface area contributed by atoms with Crippen LogP contribution in [-0.2, 0) is 6.54 Å². The van der Waals surface area contributed by atoms with Crippen LogP contribution >= 0.6 is 0 Å². The SMILES string of the molecule is CN=C(NCC(C)Cn1cccn1)NC1CC1C. The average Bonchev–Trinajstić information content (AvgIpc) is 2.82. The molecule has 3 atom stereocenters. The first-order valence-electron chi connectivity index (χ1n) is 6.63. The van der Waals surface area contributed by atoms with E-state index in [1.165, 1.54) is 6.42 Å². The van der Waals surface area contributed by atoms with Crippen molar-refractivity contribution >= 4 is 5.96 Å². The number of rotatable bonds is 5. The molecular formula is C13H23N5. The first-order valence-corrected chi connectivity index (χ1v) is 6.63. The van der Waals surface area contributed by atoms with E-state index in [1.54, 1.807) is 0 Å². The second-order valence-electron chi connectivity index (χ2n) is 5.25. The Morgan fingerprint density at radius 3 is 2.94 bits per heavy atom. The van der Waals surface area contributed by atoms with Crippen molar-refractivity contribution < 1.29 is 0 Å². The Labute approximate surface area is 109 Å². The molecule has 100 valence electrons. The van der Waals surface area contributed by atoms with Gasteiger partial charge < -0.3 is 10.6 Å². The van der Waals surface area contributed by atoms with Gasteiger partial charge in [0.15, 0.2) is 5.96 Å². The summed E-state index contributed by atoms with van der Waals surface area (Å²) in [4.78, 5) is 4.24. The Balaban J connectivity index is 1.69. The van der Waals surface area contributed by atoms with E-state index in [1.807, 2.05) is 30.2 Å². The predicted octanol–water partition coefficient (Wildman–Crippen LogP) is 1.09. The maximum atomic E-state index is 4.24. The molecule has 0 spiro atoms. The molecule has 0 saturated heterocycles. The molecule has 18 heavy (non-hydrogen) atoms. The molecule has 0 radical (unpaired) electrons. The third-order valence-electron chi connectivity index (χ3n) is 3.33. The van der Waals surface area contributed by atoms with Crippen molar-refractivity contribution in [3.8, 4) is 0 Å². The van der Waals surface area contributed by atoms with Crippen LogP contribution in [0, 0.1) is 11.8 Å². The standard InChI is InChI=1S/C13H23N5/c1-10(9-18-6-4-5-16-18)8-15-13(14-3)17-12-7-11(12)2/h4-6,10-12H,7-9H2,1-3H3,(H2,14,15,17). The van der Waals surface area contributed by atoms with Crippen LogP contribution in [0.15, 0.2) is 23.5 Å². The first kappa shape index (κ1) is 12.9. The summed E-state index contributed by atoms with van der Waals surface area (Å²) in [5.74, 6) is 2.21. The van der Waals surface area contributed by atoms with Crippen LogP contribution in [0.25, 0.3) is 0 Å². The third kappa shape index (κ3) is 3.75. The number of aromatic nitrogens is 2. The third-order valence-corrected chi connectivity index (χ3v) is 3.33. The lowest BCUT2D eigenvalue weighted by Crippen LogP contribution is -2.41. The number of nitrogens with zero attached hydrogens (tertiary/aromatic N) is 3. The maximum Gasteiger partial charge on any atom is 0.191 e. The lowest BCUT2D eigenvalue weighted by Gasteiger charge is -2.16. The quantitative estimate of drug-likeness (QED) is 0.607. The molecule has 1 aromatic heterocycles. The minimum Gasteiger partial charge on any atom is -0.356 e. The molecule has 1 heterocycles. The molecular weight excluding hydrogens is 226 g/mol. The van der Waals surface area contributed by atoms with Gasteiger partial charge in [0.05, 0.1) is 0 Å². The van der Waals surface area contributed by atoms with Gasteiger partial charge in [-0.25, -0.2) is 0 Å². The Morgan fingerprint density at radius 1 is 1.61 bits per heavy atom. The summed E-state index contributed by atoms with van der Waals surface area (Å²) < 4.78 is 1.96. The van der Waals surface area contributed by atoms with Gasteiger partial charge in [0.25, 0.3) is 0 Å². The van der Waals surface area contributed by atoms with E-state index in [9.17, 15) is 0 Å². The zero-order valence-corrected chi connectivity index (χ0v) is 11.4. The molecule has 1 aliphatic rings. The van der Waals surface area contributed by atoms with E-state index in [2.05, 4.69) is 34.6 Å². The van der Waals surface area contributed by atoms with Crippen LogP contribution in [0.2, 0.25) is 0 Å². The van der Waals surface area contributed by atoms with Gasteiger partial charge in [0, 0.05) is 38.6 Å². The minimum atomic E-state index is 0.514. The van der Waals surface area contributed by atoms with Crippen LogP contribution in [0.5, 0.6) is 0 Å². The van der Waals surface area contributed by atoms with Crippen molar-refractivity contribution in [1.82, 2.24) is 20.4 Å². The van der Waals surface area contributed by atoms with Gasteiger partial charge in [0.2, 0.25) is 0 Å². The lowest BCUT2D eigenvalue weighted by atomic mass is 10.2. The topological polar surface area (TPSA) is 54.2 Å². The molecule has 1 fully saturated rings. The summed E-state index contributed by atoms with van der Waals surface area (Å²) in [6, 6.07) is 2.56. The van der Waals surface area contributed by atoms with Gasteiger partial charge in [-0.05, 0) is 24.3 Å². The Hall–Kier alpha value is -1.52. The smallest absolute Gasteiger partial charge is 0.191 e. The molecule has 1 aromatic rings. The van der Waals surface area contributed by atoms with Crippen LogP contribution in [0.1, 0.15) is 20.3 Å². The zero-order chi connectivity index (χ0) is 13.0. The maximum absolute atomic E-state index is 4.24. The molecule has 0 bridgehead atoms. The molecule has 5 nitrogen and oxygen atoms in total. The van der Waals surface area contributed by atoms with Crippen molar-refractivity contribution in [1.29, 1.82) is 0 Å². The monoisotopic (exact) mass is 249 g/mol. The predicted molar refractivity (Wildman–Crippen MR) is 73.5 cm³/mol. The summed E-state index contributed by atoms with van der Waals surface area (Å²) in [6.07, 6.45) is 5.06. The molecule has 1 saturated carbocycles. The molecule has 0 aromatic carbocycles.